The minimum absolute atomic E-state index is 0.121. The largest absolute Gasteiger partial charge is 0.322 e. The third-order valence-electron chi connectivity index (χ3n) is 3.85. The molecule has 2 aromatic carbocycles. The predicted molar refractivity (Wildman–Crippen MR) is 109 cm³/mol. The molecule has 0 saturated heterocycles. The van der Waals surface area contributed by atoms with Gasteiger partial charge in [-0.25, -0.2) is 16.8 Å². The summed E-state index contributed by atoms with van der Waals surface area (Å²) >= 11 is 0. The molecular weight excluding hydrogens is 414 g/mol. The lowest BCUT2D eigenvalue weighted by atomic mass is 10.2. The molecule has 0 spiro atoms. The molecule has 0 unspecified atom stereocenters. The van der Waals surface area contributed by atoms with E-state index in [0.29, 0.717) is 5.69 Å². The predicted octanol–water partition coefficient (Wildman–Crippen LogP) is 2.54. The Balaban J connectivity index is 1.88. The smallest absolute Gasteiger partial charge is 0.263 e. The van der Waals surface area contributed by atoms with Gasteiger partial charge in [-0.3, -0.25) is 14.5 Å². The van der Waals surface area contributed by atoms with Gasteiger partial charge in [0.15, 0.2) is 9.84 Å². The Bertz CT molecular complexity index is 1260. The molecule has 0 atom stereocenters. The lowest BCUT2D eigenvalue weighted by Gasteiger charge is -2.12. The Hall–Kier alpha value is -3.24. The Morgan fingerprint density at radius 2 is 1.48 bits per heavy atom. The van der Waals surface area contributed by atoms with Crippen LogP contribution in [0.25, 0.3) is 0 Å². The summed E-state index contributed by atoms with van der Waals surface area (Å²) in [5.74, 6) is -0.436. The van der Waals surface area contributed by atoms with Crippen LogP contribution in [0.15, 0.2) is 82.8 Å². The van der Waals surface area contributed by atoms with Crippen LogP contribution in [0.2, 0.25) is 0 Å². The fourth-order valence-electron chi connectivity index (χ4n) is 2.55. The van der Waals surface area contributed by atoms with Gasteiger partial charge in [0.2, 0.25) is 0 Å². The van der Waals surface area contributed by atoms with Gasteiger partial charge in [0.1, 0.15) is 4.90 Å². The summed E-state index contributed by atoms with van der Waals surface area (Å²) in [5, 5.41) is 2.67. The van der Waals surface area contributed by atoms with Gasteiger partial charge in [0, 0.05) is 35.6 Å². The van der Waals surface area contributed by atoms with Gasteiger partial charge in [-0.1, -0.05) is 18.2 Å². The fourth-order valence-corrected chi connectivity index (χ4v) is 5.23. The van der Waals surface area contributed by atoms with Crippen molar-refractivity contribution in [2.45, 2.75) is 9.79 Å². The average molecular weight is 431 g/mol. The number of hydrogen-bond acceptors (Lipinski definition) is 6. The van der Waals surface area contributed by atoms with Crippen LogP contribution in [0.1, 0.15) is 10.4 Å². The van der Waals surface area contributed by atoms with Crippen LogP contribution in [0.4, 0.5) is 11.4 Å². The van der Waals surface area contributed by atoms with Crippen molar-refractivity contribution in [1.29, 1.82) is 0 Å². The van der Waals surface area contributed by atoms with Gasteiger partial charge in [0.05, 0.1) is 4.90 Å². The average Bonchev–Trinajstić information content (AvgIpc) is 2.68. The highest BCUT2D eigenvalue weighted by atomic mass is 32.2. The van der Waals surface area contributed by atoms with E-state index in [0.717, 1.165) is 6.26 Å². The molecule has 10 heteroatoms. The number of pyridine rings is 1. The molecule has 1 aromatic heterocycles. The Kier molecular flexibility index (Phi) is 5.66. The van der Waals surface area contributed by atoms with Crippen molar-refractivity contribution in [3.05, 3.63) is 78.6 Å². The molecule has 0 aliphatic heterocycles. The van der Waals surface area contributed by atoms with Crippen molar-refractivity contribution < 1.29 is 21.6 Å². The second-order valence-corrected chi connectivity index (χ2v) is 9.73. The summed E-state index contributed by atoms with van der Waals surface area (Å²) in [7, 11) is -7.95. The number of nitrogens with one attached hydrogen (secondary N) is 2. The first-order valence-corrected chi connectivity index (χ1v) is 11.7. The standard InChI is InChI=1S/C19H17N3O5S2/c1-28(24,25)17-7-2-3-8-18(17)29(26,27)22-16-6-4-5-14(13-16)19(23)21-15-9-11-20-12-10-15/h2-13,22H,1H3,(H,20,21,23). The van der Waals surface area contributed by atoms with Crippen molar-refractivity contribution in [3.8, 4) is 0 Å². The summed E-state index contributed by atoms with van der Waals surface area (Å²) in [6, 6.07) is 14.4. The molecule has 8 nitrogen and oxygen atoms in total. The number of carbonyl (C=O) groups excluding carboxylic acids is 1. The third-order valence-corrected chi connectivity index (χ3v) is 6.58. The number of rotatable bonds is 6. The van der Waals surface area contributed by atoms with Gasteiger partial charge >= 0.3 is 0 Å². The number of benzene rings is 2. The third kappa shape index (κ3) is 4.98. The highest BCUT2D eigenvalue weighted by Gasteiger charge is 2.23. The molecule has 0 aliphatic carbocycles. The van der Waals surface area contributed by atoms with E-state index in [4.69, 9.17) is 0 Å². The molecule has 3 aromatic rings. The van der Waals surface area contributed by atoms with E-state index in [2.05, 4.69) is 15.0 Å². The first-order chi connectivity index (χ1) is 13.7. The summed E-state index contributed by atoms with van der Waals surface area (Å²) in [6.07, 6.45) is 3.99. The van der Waals surface area contributed by atoms with Crippen LogP contribution in [-0.4, -0.2) is 34.0 Å². The van der Waals surface area contributed by atoms with Crippen LogP contribution in [-0.2, 0) is 19.9 Å². The molecule has 29 heavy (non-hydrogen) atoms. The van der Waals surface area contributed by atoms with E-state index in [1.54, 1.807) is 12.1 Å². The van der Waals surface area contributed by atoms with Gasteiger partial charge < -0.3 is 5.32 Å². The van der Waals surface area contributed by atoms with E-state index in [-0.39, 0.29) is 21.0 Å². The summed E-state index contributed by atoms with van der Waals surface area (Å²) in [5.41, 5.74) is 0.882. The number of sulfone groups is 1. The van der Waals surface area contributed by atoms with Crippen LogP contribution in [0.3, 0.4) is 0 Å². The van der Waals surface area contributed by atoms with Crippen LogP contribution in [0.5, 0.6) is 0 Å². The minimum Gasteiger partial charge on any atom is -0.322 e. The zero-order chi connectivity index (χ0) is 21.1. The minimum atomic E-state index is -4.20. The number of sulfonamides is 1. The molecule has 0 radical (unpaired) electrons. The van der Waals surface area contributed by atoms with Gasteiger partial charge in [-0.05, 0) is 42.5 Å². The van der Waals surface area contributed by atoms with Crippen molar-refractivity contribution >= 4 is 37.1 Å². The van der Waals surface area contributed by atoms with Gasteiger partial charge in [-0.15, -0.1) is 0 Å². The quantitative estimate of drug-likeness (QED) is 0.618. The summed E-state index contributed by atoms with van der Waals surface area (Å²) in [4.78, 5) is 15.6. The molecule has 3 rings (SSSR count). The number of aromatic nitrogens is 1. The van der Waals surface area contributed by atoms with E-state index in [1.165, 1.54) is 60.9 Å². The number of hydrogen-bond donors (Lipinski definition) is 2. The first kappa shape index (κ1) is 20.5. The molecule has 1 heterocycles. The number of nitrogens with zero attached hydrogens (tertiary/aromatic N) is 1. The van der Waals surface area contributed by atoms with Crippen molar-refractivity contribution in [2.24, 2.45) is 0 Å². The summed E-state index contributed by atoms with van der Waals surface area (Å²) < 4.78 is 51.7. The molecular formula is C19H17N3O5S2. The maximum atomic E-state index is 12.8. The summed E-state index contributed by atoms with van der Waals surface area (Å²) in [6.45, 7) is 0. The van der Waals surface area contributed by atoms with Crippen LogP contribution >= 0.6 is 0 Å². The van der Waals surface area contributed by atoms with Crippen molar-refractivity contribution in [1.82, 2.24) is 4.98 Å². The lowest BCUT2D eigenvalue weighted by Crippen LogP contribution is -2.17. The zero-order valence-corrected chi connectivity index (χ0v) is 16.9. The monoisotopic (exact) mass is 431 g/mol. The lowest BCUT2D eigenvalue weighted by molar-refractivity contribution is 0.102. The van der Waals surface area contributed by atoms with Crippen molar-refractivity contribution in [2.75, 3.05) is 16.3 Å². The molecule has 0 fully saturated rings. The van der Waals surface area contributed by atoms with Gasteiger partial charge in [-0.2, -0.15) is 0 Å². The van der Waals surface area contributed by atoms with E-state index in [9.17, 15) is 21.6 Å². The zero-order valence-electron chi connectivity index (χ0n) is 15.2. The first-order valence-electron chi connectivity index (χ1n) is 8.30. The number of amides is 1. The van der Waals surface area contributed by atoms with E-state index >= 15 is 0 Å². The fraction of sp³-hybridized carbons (Fsp3) is 0.0526. The molecule has 0 aliphatic rings. The molecule has 2 N–H and O–H groups in total. The van der Waals surface area contributed by atoms with Crippen LogP contribution < -0.4 is 10.0 Å². The second kappa shape index (κ2) is 8.02. The Morgan fingerprint density at radius 1 is 0.828 bits per heavy atom. The number of anilines is 2. The SMILES string of the molecule is CS(=O)(=O)c1ccccc1S(=O)(=O)Nc1cccc(C(=O)Nc2ccncc2)c1. The maximum Gasteiger partial charge on any atom is 0.263 e. The highest BCUT2D eigenvalue weighted by molar-refractivity contribution is 7.95. The topological polar surface area (TPSA) is 122 Å². The second-order valence-electron chi connectivity index (χ2n) is 6.10. The maximum absolute atomic E-state index is 12.8. The highest BCUT2D eigenvalue weighted by Crippen LogP contribution is 2.24. The molecule has 1 amide bonds. The Morgan fingerprint density at radius 3 is 2.14 bits per heavy atom. The van der Waals surface area contributed by atoms with Crippen molar-refractivity contribution in [3.63, 3.8) is 0 Å². The molecule has 0 saturated carbocycles. The molecule has 150 valence electrons. The van der Waals surface area contributed by atoms with E-state index in [1.807, 2.05) is 0 Å². The Labute approximate surface area is 168 Å². The molecule has 0 bridgehead atoms. The van der Waals surface area contributed by atoms with Gasteiger partial charge in [0.25, 0.3) is 15.9 Å². The number of carbonyl (C=O) groups is 1. The van der Waals surface area contributed by atoms with E-state index < -0.39 is 25.8 Å². The normalized spacial score (nSPS) is 11.6. The van der Waals surface area contributed by atoms with Crippen LogP contribution in [0, 0.1) is 0 Å².